The zero-order chi connectivity index (χ0) is 13.8. The van der Waals surface area contributed by atoms with Gasteiger partial charge in [-0.1, -0.05) is 30.3 Å². The maximum Gasteiger partial charge on any atom is 0.127 e. The Hall–Kier alpha value is -2.33. The number of benzene rings is 2. The van der Waals surface area contributed by atoms with E-state index < -0.39 is 0 Å². The lowest BCUT2D eigenvalue weighted by Crippen LogP contribution is -2.32. The molecule has 1 unspecified atom stereocenters. The van der Waals surface area contributed by atoms with Gasteiger partial charge in [-0.25, -0.2) is 4.99 Å². The van der Waals surface area contributed by atoms with Gasteiger partial charge in [0.05, 0.1) is 5.84 Å². The molecule has 20 heavy (non-hydrogen) atoms. The SMILES string of the molecule is NC1=NC(c2ccc(Oc3ccccc3)cc2)NCC1. The fraction of sp³-hybridized carbons (Fsp3) is 0.188. The van der Waals surface area contributed by atoms with Gasteiger partial charge in [0.2, 0.25) is 0 Å². The molecule has 3 rings (SSSR count). The molecule has 0 radical (unpaired) electrons. The highest BCUT2D eigenvalue weighted by Gasteiger charge is 2.14. The Morgan fingerprint density at radius 3 is 2.40 bits per heavy atom. The van der Waals surface area contributed by atoms with Crippen molar-refractivity contribution in [1.29, 1.82) is 0 Å². The second-order valence-corrected chi connectivity index (χ2v) is 4.71. The van der Waals surface area contributed by atoms with Crippen molar-refractivity contribution in [3.63, 3.8) is 0 Å². The Labute approximate surface area is 118 Å². The molecule has 1 heterocycles. The lowest BCUT2D eigenvalue weighted by Gasteiger charge is -2.20. The van der Waals surface area contributed by atoms with E-state index in [1.54, 1.807) is 0 Å². The number of amidine groups is 1. The van der Waals surface area contributed by atoms with Crippen LogP contribution in [0.2, 0.25) is 0 Å². The van der Waals surface area contributed by atoms with E-state index >= 15 is 0 Å². The Morgan fingerprint density at radius 1 is 1.00 bits per heavy atom. The first-order valence-electron chi connectivity index (χ1n) is 6.70. The number of aliphatic imine (C=N–C) groups is 1. The average molecular weight is 267 g/mol. The predicted molar refractivity (Wildman–Crippen MR) is 79.9 cm³/mol. The van der Waals surface area contributed by atoms with Crippen LogP contribution in [0.25, 0.3) is 0 Å². The topological polar surface area (TPSA) is 59.6 Å². The molecule has 2 aromatic carbocycles. The summed E-state index contributed by atoms with van der Waals surface area (Å²) in [5, 5.41) is 3.33. The van der Waals surface area contributed by atoms with Crippen LogP contribution in [0.4, 0.5) is 0 Å². The lowest BCUT2D eigenvalue weighted by atomic mass is 10.1. The second kappa shape index (κ2) is 5.75. The molecule has 0 aromatic heterocycles. The van der Waals surface area contributed by atoms with Gasteiger partial charge in [-0.15, -0.1) is 0 Å². The van der Waals surface area contributed by atoms with Crippen molar-refractivity contribution in [2.45, 2.75) is 12.6 Å². The Kier molecular flexibility index (Phi) is 3.65. The number of nitrogens with two attached hydrogens (primary N) is 1. The van der Waals surface area contributed by atoms with E-state index in [1.165, 1.54) is 0 Å². The maximum atomic E-state index is 5.78. The number of nitrogens with zero attached hydrogens (tertiary/aromatic N) is 1. The van der Waals surface area contributed by atoms with Crippen molar-refractivity contribution in [2.24, 2.45) is 10.7 Å². The van der Waals surface area contributed by atoms with Crippen LogP contribution in [0, 0.1) is 0 Å². The van der Waals surface area contributed by atoms with E-state index in [0.29, 0.717) is 5.84 Å². The molecule has 0 spiro atoms. The fourth-order valence-electron chi connectivity index (χ4n) is 2.15. The third-order valence-corrected chi connectivity index (χ3v) is 3.19. The quantitative estimate of drug-likeness (QED) is 0.899. The molecule has 0 fully saturated rings. The first kappa shape index (κ1) is 12.7. The summed E-state index contributed by atoms with van der Waals surface area (Å²) < 4.78 is 5.76. The summed E-state index contributed by atoms with van der Waals surface area (Å²) in [5.74, 6) is 2.35. The summed E-state index contributed by atoms with van der Waals surface area (Å²) in [6, 6.07) is 17.7. The minimum Gasteiger partial charge on any atom is -0.457 e. The monoisotopic (exact) mass is 267 g/mol. The van der Waals surface area contributed by atoms with Crippen molar-refractivity contribution in [3.8, 4) is 11.5 Å². The van der Waals surface area contributed by atoms with E-state index in [4.69, 9.17) is 10.5 Å². The third kappa shape index (κ3) is 2.97. The van der Waals surface area contributed by atoms with Gasteiger partial charge >= 0.3 is 0 Å². The van der Waals surface area contributed by atoms with Crippen LogP contribution in [0.15, 0.2) is 59.6 Å². The number of para-hydroxylation sites is 1. The minimum atomic E-state index is -0.0467. The first-order chi connectivity index (χ1) is 9.81. The highest BCUT2D eigenvalue weighted by Crippen LogP contribution is 2.24. The molecule has 102 valence electrons. The summed E-state index contributed by atoms with van der Waals surface area (Å²) in [6.45, 7) is 0.863. The second-order valence-electron chi connectivity index (χ2n) is 4.71. The molecule has 3 N–H and O–H groups in total. The summed E-state index contributed by atoms with van der Waals surface area (Å²) in [7, 11) is 0. The van der Waals surface area contributed by atoms with Crippen LogP contribution in [0.3, 0.4) is 0 Å². The normalized spacial score (nSPS) is 18.4. The molecule has 1 aliphatic heterocycles. The standard InChI is InChI=1S/C16H17N3O/c17-15-10-11-18-16(19-15)12-6-8-14(9-7-12)20-13-4-2-1-3-5-13/h1-9,16,18H,10-11H2,(H2,17,19). The molecule has 4 nitrogen and oxygen atoms in total. The van der Waals surface area contributed by atoms with Gasteiger partial charge in [-0.3, -0.25) is 5.32 Å². The average Bonchev–Trinajstić information content (AvgIpc) is 2.49. The van der Waals surface area contributed by atoms with Gasteiger partial charge in [-0.2, -0.15) is 0 Å². The highest BCUT2D eigenvalue weighted by molar-refractivity contribution is 5.81. The van der Waals surface area contributed by atoms with E-state index in [-0.39, 0.29) is 6.17 Å². The Balaban J connectivity index is 1.73. The molecule has 0 aliphatic carbocycles. The van der Waals surface area contributed by atoms with Gasteiger partial charge in [0, 0.05) is 13.0 Å². The van der Waals surface area contributed by atoms with Crippen LogP contribution < -0.4 is 15.8 Å². The van der Waals surface area contributed by atoms with Gasteiger partial charge in [0.25, 0.3) is 0 Å². The van der Waals surface area contributed by atoms with E-state index in [9.17, 15) is 0 Å². The summed E-state index contributed by atoms with van der Waals surface area (Å²) in [6.07, 6.45) is 0.764. The van der Waals surface area contributed by atoms with Crippen LogP contribution in [0.5, 0.6) is 11.5 Å². The molecule has 1 aliphatic rings. The molecule has 0 saturated carbocycles. The van der Waals surface area contributed by atoms with Crippen molar-refractivity contribution in [3.05, 3.63) is 60.2 Å². The van der Waals surface area contributed by atoms with Gasteiger partial charge < -0.3 is 10.5 Å². The van der Waals surface area contributed by atoms with Crippen LogP contribution in [-0.4, -0.2) is 12.4 Å². The van der Waals surface area contributed by atoms with E-state index in [0.717, 1.165) is 30.0 Å². The number of ether oxygens (including phenoxy) is 1. The first-order valence-corrected chi connectivity index (χ1v) is 6.70. The van der Waals surface area contributed by atoms with Crippen molar-refractivity contribution in [1.82, 2.24) is 5.32 Å². The van der Waals surface area contributed by atoms with Gasteiger partial charge in [-0.05, 0) is 29.8 Å². The Morgan fingerprint density at radius 2 is 1.70 bits per heavy atom. The minimum absolute atomic E-state index is 0.0467. The van der Waals surface area contributed by atoms with Crippen LogP contribution in [0.1, 0.15) is 18.2 Å². The number of hydrogen-bond donors (Lipinski definition) is 2. The fourth-order valence-corrected chi connectivity index (χ4v) is 2.15. The summed E-state index contributed by atoms with van der Waals surface area (Å²) in [4.78, 5) is 4.41. The lowest BCUT2D eigenvalue weighted by molar-refractivity contribution is 0.481. The van der Waals surface area contributed by atoms with Crippen molar-refractivity contribution < 1.29 is 4.74 Å². The van der Waals surface area contributed by atoms with E-state index in [1.807, 2.05) is 54.6 Å². The van der Waals surface area contributed by atoms with Crippen molar-refractivity contribution in [2.75, 3.05) is 6.54 Å². The van der Waals surface area contributed by atoms with E-state index in [2.05, 4.69) is 10.3 Å². The molecule has 0 saturated heterocycles. The predicted octanol–water partition coefficient (Wildman–Crippen LogP) is 2.83. The van der Waals surface area contributed by atoms with Gasteiger partial charge in [0.1, 0.15) is 17.7 Å². The molecule has 4 heteroatoms. The Bertz CT molecular complexity index is 593. The van der Waals surface area contributed by atoms with Crippen LogP contribution in [-0.2, 0) is 0 Å². The molecule has 0 amide bonds. The summed E-state index contributed by atoms with van der Waals surface area (Å²) >= 11 is 0. The highest BCUT2D eigenvalue weighted by atomic mass is 16.5. The molecule has 2 aromatic rings. The molecular weight excluding hydrogens is 250 g/mol. The zero-order valence-electron chi connectivity index (χ0n) is 11.1. The zero-order valence-corrected chi connectivity index (χ0v) is 11.1. The molecular formula is C16H17N3O. The molecule has 1 atom stereocenters. The third-order valence-electron chi connectivity index (χ3n) is 3.19. The number of rotatable bonds is 3. The van der Waals surface area contributed by atoms with Gasteiger partial charge in [0.15, 0.2) is 0 Å². The van der Waals surface area contributed by atoms with Crippen LogP contribution >= 0.6 is 0 Å². The summed E-state index contributed by atoms with van der Waals surface area (Å²) in [5.41, 5.74) is 6.87. The van der Waals surface area contributed by atoms with Crippen molar-refractivity contribution >= 4 is 5.84 Å². The number of hydrogen-bond acceptors (Lipinski definition) is 4. The maximum absolute atomic E-state index is 5.78. The smallest absolute Gasteiger partial charge is 0.127 e. The molecule has 0 bridgehead atoms. The number of nitrogens with one attached hydrogen (secondary N) is 1. The largest absolute Gasteiger partial charge is 0.457 e.